The molecule has 0 amide bonds. The molecule has 1 aromatic heterocycles. The number of carbonyl (C=O) groups is 1. The van der Waals surface area contributed by atoms with Crippen molar-refractivity contribution in [2.45, 2.75) is 39.2 Å². The highest BCUT2D eigenvalue weighted by atomic mass is 79.9. The molecule has 0 bridgehead atoms. The average Bonchev–Trinajstić information content (AvgIpc) is 2.77. The van der Waals surface area contributed by atoms with E-state index in [2.05, 4.69) is 46.2 Å². The summed E-state index contributed by atoms with van der Waals surface area (Å²) in [7, 11) is 2.12. The van der Waals surface area contributed by atoms with Crippen LogP contribution in [0.4, 0.5) is 0 Å². The molecule has 0 N–H and O–H groups in total. The van der Waals surface area contributed by atoms with Crippen LogP contribution in [-0.2, 0) is 11.3 Å². The van der Waals surface area contributed by atoms with Crippen molar-refractivity contribution in [1.82, 2.24) is 4.90 Å². The van der Waals surface area contributed by atoms with Crippen molar-refractivity contribution < 1.29 is 4.79 Å². The molecule has 2 nitrogen and oxygen atoms in total. The minimum Gasteiger partial charge on any atom is -0.301 e. The van der Waals surface area contributed by atoms with Crippen molar-refractivity contribution in [1.29, 1.82) is 0 Å². The molecule has 19 heavy (non-hydrogen) atoms. The maximum Gasteiger partial charge on any atom is 0.137 e. The number of thiophene rings is 1. The Bertz CT molecular complexity index is 432. The van der Waals surface area contributed by atoms with Gasteiger partial charge in [-0.3, -0.25) is 4.79 Å². The highest BCUT2D eigenvalue weighted by Crippen LogP contribution is 2.29. The molecule has 0 aliphatic heterocycles. The van der Waals surface area contributed by atoms with Gasteiger partial charge in [-0.25, -0.2) is 0 Å². The maximum atomic E-state index is 12.0. The van der Waals surface area contributed by atoms with Gasteiger partial charge in [0.05, 0.1) is 0 Å². The van der Waals surface area contributed by atoms with Crippen LogP contribution in [0.15, 0.2) is 15.9 Å². The van der Waals surface area contributed by atoms with Crippen LogP contribution in [-0.4, -0.2) is 24.3 Å². The van der Waals surface area contributed by atoms with E-state index in [1.54, 1.807) is 11.3 Å². The van der Waals surface area contributed by atoms with E-state index in [0.717, 1.165) is 42.7 Å². The molecule has 1 heterocycles. The van der Waals surface area contributed by atoms with Crippen LogP contribution in [0, 0.1) is 11.8 Å². The number of hydrogen-bond acceptors (Lipinski definition) is 3. The highest BCUT2D eigenvalue weighted by Gasteiger charge is 2.28. The van der Waals surface area contributed by atoms with Crippen molar-refractivity contribution in [2.24, 2.45) is 11.8 Å². The standard InChI is InChI=1S/C15H22BrNOS/c1-3-11-4-5-15(18)12(6-11)8-17(2)9-14-7-13(16)10-19-14/h7,10-12H,3-6,8-9H2,1-2H3. The first-order chi connectivity index (χ1) is 9.08. The van der Waals surface area contributed by atoms with Gasteiger partial charge in [-0.05, 0) is 47.8 Å². The Balaban J connectivity index is 1.86. The van der Waals surface area contributed by atoms with Crippen LogP contribution >= 0.6 is 27.3 Å². The molecule has 2 atom stereocenters. The second kappa shape index (κ2) is 7.00. The lowest BCUT2D eigenvalue weighted by Gasteiger charge is -2.30. The maximum absolute atomic E-state index is 12.0. The first kappa shape index (κ1) is 15.2. The van der Waals surface area contributed by atoms with Crippen molar-refractivity contribution in [3.05, 3.63) is 20.8 Å². The van der Waals surface area contributed by atoms with E-state index in [1.165, 1.54) is 11.3 Å². The third kappa shape index (κ3) is 4.40. The van der Waals surface area contributed by atoms with E-state index < -0.39 is 0 Å². The third-order valence-corrected chi connectivity index (χ3v) is 5.71. The molecule has 0 radical (unpaired) electrons. The Morgan fingerprint density at radius 2 is 2.32 bits per heavy atom. The van der Waals surface area contributed by atoms with E-state index in [0.29, 0.717) is 5.78 Å². The molecule has 0 spiro atoms. The SMILES string of the molecule is CCC1CCC(=O)C(CN(C)Cc2cc(Br)cs2)C1. The van der Waals surface area contributed by atoms with Crippen molar-refractivity contribution >= 4 is 33.0 Å². The summed E-state index contributed by atoms with van der Waals surface area (Å²) in [4.78, 5) is 15.7. The summed E-state index contributed by atoms with van der Waals surface area (Å²) in [5.41, 5.74) is 0. The number of ketones is 1. The number of nitrogens with zero attached hydrogens (tertiary/aromatic N) is 1. The molecule has 4 heteroatoms. The zero-order valence-electron chi connectivity index (χ0n) is 11.7. The Labute approximate surface area is 128 Å². The first-order valence-corrected chi connectivity index (χ1v) is 8.70. The number of rotatable bonds is 5. The molecular formula is C15H22BrNOS. The van der Waals surface area contributed by atoms with E-state index >= 15 is 0 Å². The lowest BCUT2D eigenvalue weighted by atomic mass is 9.79. The molecule has 1 aliphatic carbocycles. The summed E-state index contributed by atoms with van der Waals surface area (Å²) in [6.45, 7) is 4.09. The molecule has 0 saturated heterocycles. The normalized spacial score (nSPS) is 24.1. The van der Waals surface area contributed by atoms with Crippen LogP contribution < -0.4 is 0 Å². The molecule has 0 aromatic carbocycles. The van der Waals surface area contributed by atoms with E-state index in [9.17, 15) is 4.79 Å². The first-order valence-electron chi connectivity index (χ1n) is 7.02. The fourth-order valence-electron chi connectivity index (χ4n) is 2.89. The quantitative estimate of drug-likeness (QED) is 0.792. The monoisotopic (exact) mass is 343 g/mol. The van der Waals surface area contributed by atoms with Crippen LogP contribution in [0.1, 0.15) is 37.5 Å². The Kier molecular flexibility index (Phi) is 5.60. The average molecular weight is 344 g/mol. The Morgan fingerprint density at radius 3 is 2.95 bits per heavy atom. The molecule has 1 fully saturated rings. The number of halogens is 1. The van der Waals surface area contributed by atoms with Gasteiger partial charge in [-0.1, -0.05) is 13.3 Å². The van der Waals surface area contributed by atoms with Gasteiger partial charge in [0.25, 0.3) is 0 Å². The lowest BCUT2D eigenvalue weighted by Crippen LogP contribution is -2.34. The third-order valence-electron chi connectivity index (χ3n) is 4.03. The van der Waals surface area contributed by atoms with Crippen LogP contribution in [0.3, 0.4) is 0 Å². The van der Waals surface area contributed by atoms with Gasteiger partial charge in [0.15, 0.2) is 0 Å². The molecular weight excluding hydrogens is 322 g/mol. The molecule has 1 aliphatic rings. The number of Topliss-reactive ketones (excluding diaryl/α,β-unsaturated/α-hetero) is 1. The van der Waals surface area contributed by atoms with E-state index in [1.807, 2.05) is 0 Å². The number of hydrogen-bond donors (Lipinski definition) is 0. The van der Waals surface area contributed by atoms with Crippen LogP contribution in [0.5, 0.6) is 0 Å². The summed E-state index contributed by atoms with van der Waals surface area (Å²) in [6.07, 6.45) is 4.20. The molecule has 2 unspecified atom stereocenters. The van der Waals surface area contributed by atoms with Gasteiger partial charge >= 0.3 is 0 Å². The van der Waals surface area contributed by atoms with Gasteiger partial charge in [-0.15, -0.1) is 11.3 Å². The smallest absolute Gasteiger partial charge is 0.137 e. The predicted molar refractivity (Wildman–Crippen MR) is 84.5 cm³/mol. The van der Waals surface area contributed by atoms with Gasteiger partial charge < -0.3 is 4.90 Å². The molecule has 106 valence electrons. The second-order valence-electron chi connectivity index (χ2n) is 5.64. The molecule has 1 saturated carbocycles. The predicted octanol–water partition coefficient (Wildman–Crippen LogP) is 4.34. The zero-order valence-corrected chi connectivity index (χ0v) is 14.1. The van der Waals surface area contributed by atoms with Crippen molar-refractivity contribution in [3.8, 4) is 0 Å². The van der Waals surface area contributed by atoms with Crippen LogP contribution in [0.25, 0.3) is 0 Å². The van der Waals surface area contributed by atoms with Crippen LogP contribution in [0.2, 0.25) is 0 Å². The minimum absolute atomic E-state index is 0.257. The summed E-state index contributed by atoms with van der Waals surface area (Å²) in [5, 5.41) is 2.11. The summed E-state index contributed by atoms with van der Waals surface area (Å²) in [5.74, 6) is 1.49. The van der Waals surface area contributed by atoms with Gasteiger partial charge in [0.2, 0.25) is 0 Å². The van der Waals surface area contributed by atoms with Gasteiger partial charge in [-0.2, -0.15) is 0 Å². The second-order valence-corrected chi connectivity index (χ2v) is 7.55. The molecule has 2 rings (SSSR count). The molecule has 1 aromatic rings. The largest absolute Gasteiger partial charge is 0.301 e. The summed E-state index contributed by atoms with van der Waals surface area (Å²) < 4.78 is 1.15. The fraction of sp³-hybridized carbons (Fsp3) is 0.667. The summed E-state index contributed by atoms with van der Waals surface area (Å²) >= 11 is 5.26. The van der Waals surface area contributed by atoms with Crippen molar-refractivity contribution in [2.75, 3.05) is 13.6 Å². The topological polar surface area (TPSA) is 20.3 Å². The van der Waals surface area contributed by atoms with E-state index in [-0.39, 0.29) is 5.92 Å². The zero-order chi connectivity index (χ0) is 13.8. The summed E-state index contributed by atoms with van der Waals surface area (Å²) in [6, 6.07) is 2.17. The fourth-order valence-corrected chi connectivity index (χ4v) is 4.42. The lowest BCUT2D eigenvalue weighted by molar-refractivity contribution is -0.126. The van der Waals surface area contributed by atoms with Crippen molar-refractivity contribution in [3.63, 3.8) is 0 Å². The van der Waals surface area contributed by atoms with Gasteiger partial charge in [0, 0.05) is 40.2 Å². The Hall–Kier alpha value is -0.190. The van der Waals surface area contributed by atoms with E-state index in [4.69, 9.17) is 0 Å². The number of carbonyl (C=O) groups excluding carboxylic acids is 1. The highest BCUT2D eigenvalue weighted by molar-refractivity contribution is 9.10. The minimum atomic E-state index is 0.257. The van der Waals surface area contributed by atoms with Gasteiger partial charge in [0.1, 0.15) is 5.78 Å². The Morgan fingerprint density at radius 1 is 1.53 bits per heavy atom.